The van der Waals surface area contributed by atoms with Crippen LogP contribution in [-0.4, -0.2) is 58.7 Å². The van der Waals surface area contributed by atoms with Gasteiger partial charge < -0.3 is 14.7 Å². The highest BCUT2D eigenvalue weighted by Gasteiger charge is 2.28. The normalized spacial score (nSPS) is 24.1. The van der Waals surface area contributed by atoms with E-state index in [4.69, 9.17) is 14.6 Å². The Morgan fingerprint density at radius 2 is 2.23 bits per heavy atom. The minimum atomic E-state index is -0.404. The number of fused-ring (bicyclic) bond motifs is 1. The number of aliphatic hydroxyl groups excluding tert-OH is 1. The van der Waals surface area contributed by atoms with Crippen molar-refractivity contribution in [3.63, 3.8) is 0 Å². The SMILES string of the molecule is C=CC[C@@H]1C=C[C@H](ON=C(C)CCN2CCc3nc(CC)c(CC)cc3C2)[C@H](CO)O1. The van der Waals surface area contributed by atoms with Crippen molar-refractivity contribution in [3.05, 3.63) is 53.4 Å². The van der Waals surface area contributed by atoms with Crippen molar-refractivity contribution >= 4 is 5.71 Å². The Hall–Kier alpha value is -2.02. The molecule has 6 heteroatoms. The summed E-state index contributed by atoms with van der Waals surface area (Å²) in [5.41, 5.74) is 6.22. The summed E-state index contributed by atoms with van der Waals surface area (Å²) >= 11 is 0. The molecule has 0 bridgehead atoms. The summed E-state index contributed by atoms with van der Waals surface area (Å²) in [7, 11) is 0. The van der Waals surface area contributed by atoms with E-state index in [9.17, 15) is 5.11 Å². The van der Waals surface area contributed by atoms with Crippen LogP contribution in [0.25, 0.3) is 0 Å². The minimum Gasteiger partial charge on any atom is -0.394 e. The second-order valence-electron chi connectivity index (χ2n) is 8.38. The molecule has 0 saturated heterocycles. The topological polar surface area (TPSA) is 67.2 Å². The number of pyridine rings is 1. The van der Waals surface area contributed by atoms with E-state index in [0.29, 0.717) is 0 Å². The lowest BCUT2D eigenvalue weighted by molar-refractivity contribution is -0.100. The predicted octanol–water partition coefficient (Wildman–Crippen LogP) is 3.61. The molecule has 3 rings (SSSR count). The highest BCUT2D eigenvalue weighted by molar-refractivity contribution is 5.81. The minimum absolute atomic E-state index is 0.0577. The second kappa shape index (κ2) is 11.6. The molecule has 2 aliphatic rings. The van der Waals surface area contributed by atoms with E-state index >= 15 is 0 Å². The first-order valence-electron chi connectivity index (χ1n) is 11.6. The van der Waals surface area contributed by atoms with Crippen molar-refractivity contribution in [2.24, 2.45) is 5.16 Å². The summed E-state index contributed by atoms with van der Waals surface area (Å²) < 4.78 is 5.83. The predicted molar refractivity (Wildman–Crippen MR) is 124 cm³/mol. The van der Waals surface area contributed by atoms with Crippen LogP contribution in [0, 0.1) is 0 Å². The average molecular weight is 428 g/mol. The fraction of sp³-hybridized carbons (Fsp3) is 0.600. The Labute approximate surface area is 186 Å². The van der Waals surface area contributed by atoms with Gasteiger partial charge in [0.1, 0.15) is 6.10 Å². The van der Waals surface area contributed by atoms with Gasteiger partial charge in [-0.2, -0.15) is 0 Å². The number of aromatic nitrogens is 1. The molecule has 1 aromatic rings. The van der Waals surface area contributed by atoms with Crippen molar-refractivity contribution in [1.82, 2.24) is 9.88 Å². The number of hydrogen-bond donors (Lipinski definition) is 1. The monoisotopic (exact) mass is 427 g/mol. The zero-order valence-electron chi connectivity index (χ0n) is 19.2. The third-order valence-corrected chi connectivity index (χ3v) is 6.06. The van der Waals surface area contributed by atoms with Crippen LogP contribution < -0.4 is 0 Å². The van der Waals surface area contributed by atoms with Crippen molar-refractivity contribution in [3.8, 4) is 0 Å². The lowest BCUT2D eigenvalue weighted by Crippen LogP contribution is -2.38. The highest BCUT2D eigenvalue weighted by Crippen LogP contribution is 2.22. The molecular formula is C25H37N3O3. The van der Waals surface area contributed by atoms with Gasteiger partial charge in [-0.3, -0.25) is 9.88 Å². The molecule has 170 valence electrons. The molecule has 2 aliphatic heterocycles. The lowest BCUT2D eigenvalue weighted by Gasteiger charge is -2.30. The fourth-order valence-electron chi connectivity index (χ4n) is 4.19. The Morgan fingerprint density at radius 3 is 2.94 bits per heavy atom. The number of rotatable bonds is 10. The molecule has 3 heterocycles. The van der Waals surface area contributed by atoms with Gasteiger partial charge >= 0.3 is 0 Å². The maximum Gasteiger partial charge on any atom is 0.174 e. The summed E-state index contributed by atoms with van der Waals surface area (Å²) in [5.74, 6) is 0. The molecule has 0 saturated carbocycles. The van der Waals surface area contributed by atoms with Crippen LogP contribution >= 0.6 is 0 Å². The number of hydrogen-bond acceptors (Lipinski definition) is 6. The van der Waals surface area contributed by atoms with E-state index in [1.807, 2.05) is 25.2 Å². The van der Waals surface area contributed by atoms with Gasteiger partial charge in [0.25, 0.3) is 0 Å². The molecule has 0 amide bonds. The average Bonchev–Trinajstić information content (AvgIpc) is 2.80. The Morgan fingerprint density at radius 1 is 1.39 bits per heavy atom. The van der Waals surface area contributed by atoms with Crippen LogP contribution in [0.15, 0.2) is 36.0 Å². The van der Waals surface area contributed by atoms with Crippen LogP contribution in [0.2, 0.25) is 0 Å². The van der Waals surface area contributed by atoms with Gasteiger partial charge in [-0.15, -0.1) is 6.58 Å². The van der Waals surface area contributed by atoms with Crippen molar-refractivity contribution in [2.45, 2.75) is 77.7 Å². The van der Waals surface area contributed by atoms with Gasteiger partial charge in [0.05, 0.1) is 18.4 Å². The Balaban J connectivity index is 1.52. The molecule has 0 radical (unpaired) electrons. The van der Waals surface area contributed by atoms with E-state index in [2.05, 4.69) is 36.5 Å². The van der Waals surface area contributed by atoms with Crippen molar-refractivity contribution in [2.75, 3.05) is 19.7 Å². The maximum absolute atomic E-state index is 9.61. The number of oxime groups is 1. The van der Waals surface area contributed by atoms with Gasteiger partial charge in [-0.05, 0) is 43.4 Å². The Kier molecular flexibility index (Phi) is 8.81. The molecule has 3 atom stereocenters. The summed E-state index contributed by atoms with van der Waals surface area (Å²) in [6.07, 6.45) is 9.48. The molecule has 0 aliphatic carbocycles. The van der Waals surface area contributed by atoms with E-state index in [1.54, 1.807) is 0 Å². The molecule has 0 aromatic carbocycles. The van der Waals surface area contributed by atoms with Crippen LogP contribution in [0.3, 0.4) is 0 Å². The van der Waals surface area contributed by atoms with Crippen molar-refractivity contribution < 1.29 is 14.7 Å². The van der Waals surface area contributed by atoms with Gasteiger partial charge in [0.15, 0.2) is 6.10 Å². The molecule has 1 N–H and O–H groups in total. The molecule has 0 unspecified atom stereocenters. The zero-order valence-corrected chi connectivity index (χ0v) is 19.2. The van der Waals surface area contributed by atoms with Gasteiger partial charge in [-0.1, -0.05) is 37.2 Å². The fourth-order valence-corrected chi connectivity index (χ4v) is 4.19. The zero-order chi connectivity index (χ0) is 22.2. The van der Waals surface area contributed by atoms with E-state index < -0.39 is 6.10 Å². The smallest absolute Gasteiger partial charge is 0.174 e. The molecule has 0 spiro atoms. The van der Waals surface area contributed by atoms with Crippen molar-refractivity contribution in [1.29, 1.82) is 0 Å². The second-order valence-corrected chi connectivity index (χ2v) is 8.38. The van der Waals surface area contributed by atoms with Gasteiger partial charge in [0.2, 0.25) is 0 Å². The summed E-state index contributed by atoms with van der Waals surface area (Å²) in [6.45, 7) is 12.9. The molecule has 31 heavy (non-hydrogen) atoms. The Bertz CT molecular complexity index is 805. The quantitative estimate of drug-likeness (QED) is 0.351. The first-order chi connectivity index (χ1) is 15.1. The summed E-state index contributed by atoms with van der Waals surface area (Å²) in [5, 5.41) is 13.9. The first kappa shape index (κ1) is 23.6. The largest absolute Gasteiger partial charge is 0.394 e. The lowest BCUT2D eigenvalue weighted by atomic mass is 9.99. The molecule has 6 nitrogen and oxygen atoms in total. The van der Waals surface area contributed by atoms with E-state index in [1.165, 1.54) is 22.5 Å². The summed E-state index contributed by atoms with van der Waals surface area (Å²) in [6, 6.07) is 2.36. The van der Waals surface area contributed by atoms with E-state index in [0.717, 1.165) is 57.5 Å². The van der Waals surface area contributed by atoms with E-state index in [-0.39, 0.29) is 18.8 Å². The standard InChI is InChI=1S/C25H37N3O3/c1-5-8-21-9-10-24(25(17-29)30-21)31-27-18(4)11-13-28-14-12-23-20(16-28)15-19(6-2)22(7-3)26-23/h5,9-10,15,21,24-25,29H,1,6-8,11-14,16-17H2,2-4H3/t21-,24+,25+/m1/s1. The molecule has 1 aromatic heterocycles. The number of aryl methyl sites for hydroxylation is 2. The molecular weight excluding hydrogens is 390 g/mol. The third-order valence-electron chi connectivity index (χ3n) is 6.06. The summed E-state index contributed by atoms with van der Waals surface area (Å²) in [4.78, 5) is 13.1. The highest BCUT2D eigenvalue weighted by atomic mass is 16.7. The van der Waals surface area contributed by atoms with Crippen LogP contribution in [0.5, 0.6) is 0 Å². The van der Waals surface area contributed by atoms with Crippen LogP contribution in [-0.2, 0) is 35.4 Å². The van der Waals surface area contributed by atoms with Gasteiger partial charge in [0, 0.05) is 43.9 Å². The first-order valence-corrected chi connectivity index (χ1v) is 11.6. The number of aliphatic hydroxyl groups is 1. The van der Waals surface area contributed by atoms with Crippen LogP contribution in [0.4, 0.5) is 0 Å². The van der Waals surface area contributed by atoms with Gasteiger partial charge in [-0.25, -0.2) is 0 Å². The molecule has 0 fully saturated rings. The number of ether oxygens (including phenoxy) is 1. The third kappa shape index (κ3) is 6.25. The maximum atomic E-state index is 9.61. The van der Waals surface area contributed by atoms with Crippen LogP contribution in [0.1, 0.15) is 56.1 Å². The number of nitrogens with zero attached hydrogens (tertiary/aromatic N) is 3.